The molecular weight excluding hydrogens is 334 g/mol. The number of rotatable bonds is 4. The third-order valence-electron chi connectivity index (χ3n) is 6.61. The number of fused-ring (bicyclic) bond motifs is 3. The minimum Gasteiger partial charge on any atom is -0.453 e. The van der Waals surface area contributed by atoms with Crippen LogP contribution in [0.4, 0.5) is 4.79 Å². The zero-order chi connectivity index (χ0) is 18.4. The van der Waals surface area contributed by atoms with Gasteiger partial charge in [0.25, 0.3) is 0 Å². The molecule has 4 unspecified atom stereocenters. The second-order valence-electron chi connectivity index (χ2n) is 8.79. The van der Waals surface area contributed by atoms with Gasteiger partial charge in [0.05, 0.1) is 32.4 Å². The zero-order valence-corrected chi connectivity index (χ0v) is 16.0. The number of hydrogen-bond donors (Lipinski definition) is 1. The van der Waals surface area contributed by atoms with Gasteiger partial charge in [-0.05, 0) is 30.6 Å². The lowest BCUT2D eigenvalue weighted by atomic mass is 9.89. The number of amides is 2. The van der Waals surface area contributed by atoms with Gasteiger partial charge in [0.15, 0.2) is 0 Å². The van der Waals surface area contributed by atoms with E-state index in [1.165, 1.54) is 7.11 Å². The molecule has 1 N–H and O–H groups in total. The van der Waals surface area contributed by atoms with E-state index in [0.717, 1.165) is 32.5 Å². The van der Waals surface area contributed by atoms with E-state index in [1.54, 1.807) is 0 Å². The molecule has 26 heavy (non-hydrogen) atoms. The molecule has 0 radical (unpaired) electrons. The topological polar surface area (TPSA) is 71.1 Å². The van der Waals surface area contributed by atoms with Crippen molar-refractivity contribution in [2.75, 3.05) is 40.0 Å². The number of piperidine rings is 2. The van der Waals surface area contributed by atoms with E-state index in [0.29, 0.717) is 37.0 Å². The van der Waals surface area contributed by atoms with Gasteiger partial charge < -0.3 is 14.8 Å². The van der Waals surface area contributed by atoms with Crippen molar-refractivity contribution in [1.82, 2.24) is 15.1 Å². The summed E-state index contributed by atoms with van der Waals surface area (Å²) in [5.74, 6) is 2.02. The van der Waals surface area contributed by atoms with Crippen LogP contribution in [0.25, 0.3) is 0 Å². The highest BCUT2D eigenvalue weighted by atomic mass is 16.5. The summed E-state index contributed by atoms with van der Waals surface area (Å²) in [4.78, 5) is 28.8. The maximum atomic E-state index is 12.3. The molecule has 146 valence electrons. The molecule has 7 nitrogen and oxygen atoms in total. The van der Waals surface area contributed by atoms with Gasteiger partial charge >= 0.3 is 6.09 Å². The highest BCUT2D eigenvalue weighted by Gasteiger charge is 2.60. The maximum Gasteiger partial charge on any atom is 0.410 e. The van der Waals surface area contributed by atoms with Crippen molar-refractivity contribution < 1.29 is 19.1 Å². The number of morpholine rings is 1. The largest absolute Gasteiger partial charge is 0.453 e. The summed E-state index contributed by atoms with van der Waals surface area (Å²) in [7, 11) is 1.45. The van der Waals surface area contributed by atoms with Crippen molar-refractivity contribution in [2.24, 2.45) is 23.7 Å². The van der Waals surface area contributed by atoms with E-state index >= 15 is 0 Å². The summed E-state index contributed by atoms with van der Waals surface area (Å²) in [5, 5.41) is 3.09. The van der Waals surface area contributed by atoms with Crippen molar-refractivity contribution in [1.29, 1.82) is 0 Å². The fourth-order valence-corrected chi connectivity index (χ4v) is 5.26. The average Bonchev–Trinajstić information content (AvgIpc) is 3.11. The van der Waals surface area contributed by atoms with Crippen LogP contribution in [0.3, 0.4) is 0 Å². The Labute approximate surface area is 155 Å². The van der Waals surface area contributed by atoms with Gasteiger partial charge in [-0.25, -0.2) is 4.79 Å². The Morgan fingerprint density at radius 3 is 2.27 bits per heavy atom. The Kier molecular flexibility index (Phi) is 4.86. The third-order valence-corrected chi connectivity index (χ3v) is 6.61. The first kappa shape index (κ1) is 18.0. The lowest BCUT2D eigenvalue weighted by Gasteiger charge is -2.49. The molecule has 4 aliphatic rings. The Morgan fingerprint density at radius 1 is 1.12 bits per heavy atom. The molecule has 0 aromatic heterocycles. The van der Waals surface area contributed by atoms with Gasteiger partial charge in [-0.15, -0.1) is 0 Å². The van der Waals surface area contributed by atoms with Crippen LogP contribution >= 0.6 is 0 Å². The second kappa shape index (κ2) is 7.00. The van der Waals surface area contributed by atoms with Crippen LogP contribution in [-0.4, -0.2) is 79.9 Å². The Morgan fingerprint density at radius 2 is 1.73 bits per heavy atom. The maximum absolute atomic E-state index is 12.3. The fraction of sp³-hybridized carbons (Fsp3) is 0.895. The molecule has 2 amide bonds. The van der Waals surface area contributed by atoms with Crippen molar-refractivity contribution >= 4 is 12.0 Å². The van der Waals surface area contributed by atoms with E-state index in [2.05, 4.69) is 24.1 Å². The first-order chi connectivity index (χ1) is 12.5. The molecule has 3 aliphatic heterocycles. The molecule has 0 aromatic rings. The van der Waals surface area contributed by atoms with Crippen LogP contribution in [-0.2, 0) is 14.3 Å². The van der Waals surface area contributed by atoms with Crippen LogP contribution in [0, 0.1) is 23.7 Å². The fourth-order valence-electron chi connectivity index (χ4n) is 5.26. The molecule has 3 saturated heterocycles. The lowest BCUT2D eigenvalue weighted by Crippen LogP contribution is -2.62. The van der Waals surface area contributed by atoms with Crippen LogP contribution in [0.15, 0.2) is 0 Å². The van der Waals surface area contributed by atoms with E-state index in [4.69, 9.17) is 9.47 Å². The van der Waals surface area contributed by atoms with E-state index in [1.807, 2.05) is 4.90 Å². The van der Waals surface area contributed by atoms with Crippen LogP contribution < -0.4 is 5.32 Å². The van der Waals surface area contributed by atoms with Crippen molar-refractivity contribution in [3.05, 3.63) is 0 Å². The molecule has 2 bridgehead atoms. The average molecular weight is 365 g/mol. The van der Waals surface area contributed by atoms with Gasteiger partial charge in [-0.1, -0.05) is 13.8 Å². The van der Waals surface area contributed by atoms with E-state index < -0.39 is 0 Å². The molecule has 4 fully saturated rings. The molecule has 0 aromatic carbocycles. The lowest BCUT2D eigenvalue weighted by molar-refractivity contribution is -0.123. The van der Waals surface area contributed by atoms with Crippen LogP contribution in [0.5, 0.6) is 0 Å². The predicted octanol–water partition coefficient (Wildman–Crippen LogP) is 0.935. The van der Waals surface area contributed by atoms with Gasteiger partial charge in [-0.2, -0.15) is 0 Å². The standard InChI is InChI=1S/C19H31N3O4/c1-11(2)6-20-18(23)17-15-7-21(8-16(15)17)12-4-13-9-26-10-14(5-12)22(13)19(24)25-3/h11-17H,4-10H2,1-3H3,(H,20,23). The van der Waals surface area contributed by atoms with Gasteiger partial charge in [0, 0.05) is 31.6 Å². The SMILES string of the molecule is COC(=O)N1C2COCC1CC(N1CC3C(C1)C3C(=O)NCC(C)C)C2. The Bertz CT molecular complexity index is 543. The third kappa shape index (κ3) is 3.20. The summed E-state index contributed by atoms with van der Waals surface area (Å²) in [6, 6.07) is 0.714. The minimum absolute atomic E-state index is 0.113. The van der Waals surface area contributed by atoms with E-state index in [9.17, 15) is 9.59 Å². The monoisotopic (exact) mass is 365 g/mol. The Hall–Kier alpha value is -1.34. The van der Waals surface area contributed by atoms with Gasteiger partial charge in [-0.3, -0.25) is 14.6 Å². The molecule has 1 aliphatic carbocycles. The summed E-state index contributed by atoms with van der Waals surface area (Å²) < 4.78 is 10.6. The summed E-state index contributed by atoms with van der Waals surface area (Å²) >= 11 is 0. The number of carbonyl (C=O) groups is 2. The van der Waals surface area contributed by atoms with E-state index in [-0.39, 0.29) is 30.0 Å². The molecule has 1 saturated carbocycles. The van der Waals surface area contributed by atoms with Gasteiger partial charge in [0.1, 0.15) is 0 Å². The summed E-state index contributed by atoms with van der Waals surface area (Å²) in [6.45, 7) is 8.26. The number of nitrogens with one attached hydrogen (secondary N) is 1. The second-order valence-corrected chi connectivity index (χ2v) is 8.79. The number of likely N-dealkylation sites (tertiary alicyclic amines) is 1. The van der Waals surface area contributed by atoms with Gasteiger partial charge in [0.2, 0.25) is 5.91 Å². The van der Waals surface area contributed by atoms with Crippen molar-refractivity contribution in [3.63, 3.8) is 0 Å². The smallest absolute Gasteiger partial charge is 0.410 e. The molecule has 7 heteroatoms. The minimum atomic E-state index is -0.229. The quantitative estimate of drug-likeness (QED) is 0.803. The zero-order valence-electron chi connectivity index (χ0n) is 16.0. The first-order valence-electron chi connectivity index (χ1n) is 9.95. The summed E-state index contributed by atoms with van der Waals surface area (Å²) in [5.41, 5.74) is 0. The van der Waals surface area contributed by atoms with Crippen molar-refractivity contribution in [2.45, 2.75) is 44.8 Å². The van der Waals surface area contributed by atoms with Crippen LogP contribution in [0.2, 0.25) is 0 Å². The number of methoxy groups -OCH3 is 1. The number of hydrogen-bond acceptors (Lipinski definition) is 5. The van der Waals surface area contributed by atoms with Crippen molar-refractivity contribution in [3.8, 4) is 0 Å². The number of carbonyl (C=O) groups excluding carboxylic acids is 2. The number of ether oxygens (including phenoxy) is 2. The van der Waals surface area contributed by atoms with Crippen LogP contribution in [0.1, 0.15) is 26.7 Å². The summed E-state index contributed by atoms with van der Waals surface area (Å²) in [6.07, 6.45) is 1.65. The Balaban J connectivity index is 1.31. The highest BCUT2D eigenvalue weighted by molar-refractivity contribution is 5.82. The first-order valence-corrected chi connectivity index (χ1v) is 9.95. The molecule has 4 atom stereocenters. The number of nitrogens with zero attached hydrogens (tertiary/aromatic N) is 2. The molecule has 0 spiro atoms. The highest BCUT2D eigenvalue weighted by Crippen LogP contribution is 2.53. The molecule has 4 rings (SSSR count). The normalized spacial score (nSPS) is 38.8. The molecular formula is C19H31N3O4. The molecule has 3 heterocycles. The predicted molar refractivity (Wildman–Crippen MR) is 95.6 cm³/mol.